The van der Waals surface area contributed by atoms with E-state index in [1.165, 1.54) is 11.3 Å². The normalized spacial score (nSPS) is 10.9. The molecule has 7 nitrogen and oxygen atoms in total. The van der Waals surface area contributed by atoms with E-state index in [0.717, 1.165) is 57.8 Å². The molecule has 3 rings (SSSR count). The third-order valence-electron chi connectivity index (χ3n) is 5.27. The van der Waals surface area contributed by atoms with Gasteiger partial charge >= 0.3 is 0 Å². The van der Waals surface area contributed by atoms with Crippen LogP contribution in [0.25, 0.3) is 10.2 Å². The predicted molar refractivity (Wildman–Crippen MR) is 126 cm³/mol. The molecule has 0 saturated heterocycles. The Morgan fingerprint density at radius 2 is 1.97 bits per heavy atom. The third-order valence-corrected chi connectivity index (χ3v) is 6.46. The first-order valence-electron chi connectivity index (χ1n) is 10.4. The molecule has 0 fully saturated rings. The van der Waals surface area contributed by atoms with Gasteiger partial charge in [0.2, 0.25) is 0 Å². The lowest BCUT2D eigenvalue weighted by atomic mass is 10.1. The fourth-order valence-corrected chi connectivity index (χ4v) is 4.58. The van der Waals surface area contributed by atoms with Crippen molar-refractivity contribution in [2.45, 2.75) is 33.1 Å². The first-order valence-corrected chi connectivity index (χ1v) is 11.3. The molecule has 2 aromatic heterocycles. The Bertz CT molecular complexity index is 1050. The summed E-state index contributed by atoms with van der Waals surface area (Å²) in [6, 6.07) is 5.92. The van der Waals surface area contributed by atoms with Gasteiger partial charge in [-0.2, -0.15) is 0 Å². The maximum Gasteiger partial charge on any atom is 0.264 e. The van der Waals surface area contributed by atoms with Crippen LogP contribution in [0.5, 0.6) is 11.5 Å². The Hall–Kier alpha value is -2.87. The number of ether oxygens (including phenoxy) is 2. The summed E-state index contributed by atoms with van der Waals surface area (Å²) >= 11 is 1.43. The van der Waals surface area contributed by atoms with Gasteiger partial charge in [-0.05, 0) is 43.0 Å². The number of thiophene rings is 1. The third kappa shape index (κ3) is 5.07. The summed E-state index contributed by atoms with van der Waals surface area (Å²) in [4.78, 5) is 25.1. The molecule has 3 aromatic rings. The lowest BCUT2D eigenvalue weighted by molar-refractivity contribution is 0.0797. The van der Waals surface area contributed by atoms with Gasteiger partial charge < -0.3 is 19.7 Å². The van der Waals surface area contributed by atoms with Gasteiger partial charge in [-0.15, -0.1) is 11.3 Å². The number of methoxy groups -OCH3 is 2. The number of benzene rings is 1. The summed E-state index contributed by atoms with van der Waals surface area (Å²) in [5.41, 5.74) is 2.06. The minimum Gasteiger partial charge on any atom is -0.493 e. The van der Waals surface area contributed by atoms with Gasteiger partial charge in [0.1, 0.15) is 17.0 Å². The fourth-order valence-electron chi connectivity index (χ4n) is 3.44. The molecule has 31 heavy (non-hydrogen) atoms. The van der Waals surface area contributed by atoms with Crippen LogP contribution in [0.15, 0.2) is 24.5 Å². The molecule has 0 radical (unpaired) electrons. The van der Waals surface area contributed by atoms with Crippen molar-refractivity contribution < 1.29 is 14.3 Å². The average Bonchev–Trinajstić information content (AvgIpc) is 3.13. The molecule has 0 aliphatic rings. The molecule has 0 aliphatic heterocycles. The van der Waals surface area contributed by atoms with E-state index in [9.17, 15) is 4.79 Å². The van der Waals surface area contributed by atoms with E-state index in [4.69, 9.17) is 9.47 Å². The van der Waals surface area contributed by atoms with Crippen molar-refractivity contribution in [3.63, 3.8) is 0 Å². The van der Waals surface area contributed by atoms with Crippen molar-refractivity contribution in [2.75, 3.05) is 39.7 Å². The van der Waals surface area contributed by atoms with Crippen molar-refractivity contribution >= 4 is 33.3 Å². The lowest BCUT2D eigenvalue weighted by Gasteiger charge is -2.16. The van der Waals surface area contributed by atoms with Crippen molar-refractivity contribution in [3.05, 3.63) is 40.5 Å². The monoisotopic (exact) mass is 442 g/mol. The van der Waals surface area contributed by atoms with Gasteiger partial charge in [0.05, 0.1) is 24.5 Å². The van der Waals surface area contributed by atoms with Gasteiger partial charge in [0.25, 0.3) is 5.91 Å². The van der Waals surface area contributed by atoms with Crippen LogP contribution in [0.3, 0.4) is 0 Å². The van der Waals surface area contributed by atoms with Crippen LogP contribution in [0.2, 0.25) is 0 Å². The summed E-state index contributed by atoms with van der Waals surface area (Å²) < 4.78 is 10.7. The number of amides is 1. The Morgan fingerprint density at radius 3 is 2.68 bits per heavy atom. The summed E-state index contributed by atoms with van der Waals surface area (Å²) in [7, 11) is 5.12. The molecule has 1 amide bonds. The molecule has 8 heteroatoms. The molecule has 0 atom stereocenters. The van der Waals surface area contributed by atoms with Crippen molar-refractivity contribution in [1.82, 2.24) is 14.9 Å². The number of rotatable bonds is 10. The number of hydrogen-bond donors (Lipinski definition) is 1. The second-order valence-corrected chi connectivity index (χ2v) is 8.40. The SMILES string of the molecule is CCCCN(C)C(=O)c1sc2ncnc(NCCc3ccc(OC)c(OC)c3)c2c1C. The van der Waals surface area contributed by atoms with E-state index in [2.05, 4.69) is 22.2 Å². The second-order valence-electron chi connectivity index (χ2n) is 7.40. The first-order chi connectivity index (χ1) is 15.0. The van der Waals surface area contributed by atoms with Crippen molar-refractivity contribution in [1.29, 1.82) is 0 Å². The van der Waals surface area contributed by atoms with E-state index >= 15 is 0 Å². The number of anilines is 1. The topological polar surface area (TPSA) is 76.6 Å². The number of carbonyl (C=O) groups is 1. The quantitative estimate of drug-likeness (QED) is 0.497. The molecule has 1 aromatic carbocycles. The minimum atomic E-state index is 0.0465. The molecule has 0 spiro atoms. The molecular formula is C23H30N4O3S. The molecule has 0 saturated carbocycles. The largest absolute Gasteiger partial charge is 0.493 e. The maximum atomic E-state index is 12.9. The molecule has 166 valence electrons. The average molecular weight is 443 g/mol. The zero-order chi connectivity index (χ0) is 22.4. The van der Waals surface area contributed by atoms with Crippen LogP contribution in [0.4, 0.5) is 5.82 Å². The number of nitrogens with zero attached hydrogens (tertiary/aromatic N) is 3. The van der Waals surface area contributed by atoms with Gasteiger partial charge in [0, 0.05) is 20.1 Å². The first kappa shape index (κ1) is 22.8. The highest BCUT2D eigenvalue weighted by Crippen LogP contribution is 2.34. The molecule has 0 bridgehead atoms. The Morgan fingerprint density at radius 1 is 1.19 bits per heavy atom. The number of unbranched alkanes of at least 4 members (excludes halogenated alkanes) is 1. The van der Waals surface area contributed by atoms with Crippen LogP contribution in [-0.2, 0) is 6.42 Å². The number of hydrogen-bond acceptors (Lipinski definition) is 7. The molecular weight excluding hydrogens is 412 g/mol. The van der Waals surface area contributed by atoms with Crippen LogP contribution >= 0.6 is 11.3 Å². The standard InChI is InChI=1S/C23H30N4O3S/c1-6-7-12-27(3)23(28)20-15(2)19-21(25-14-26-22(19)31-20)24-11-10-16-8-9-17(29-4)18(13-16)30-5/h8-9,13-14H,6-7,10-12H2,1-5H3,(H,24,25,26). The van der Waals surface area contributed by atoms with Gasteiger partial charge in [-0.1, -0.05) is 19.4 Å². The molecule has 0 unspecified atom stereocenters. The van der Waals surface area contributed by atoms with Crippen molar-refractivity contribution in [3.8, 4) is 11.5 Å². The predicted octanol–water partition coefficient (Wildman–Crippen LogP) is 4.54. The zero-order valence-electron chi connectivity index (χ0n) is 18.8. The van der Waals surface area contributed by atoms with E-state index in [-0.39, 0.29) is 5.91 Å². The van der Waals surface area contributed by atoms with Gasteiger partial charge in [-0.25, -0.2) is 9.97 Å². The van der Waals surface area contributed by atoms with Gasteiger partial charge in [-0.3, -0.25) is 4.79 Å². The number of aryl methyl sites for hydroxylation is 1. The lowest BCUT2D eigenvalue weighted by Crippen LogP contribution is -2.27. The highest BCUT2D eigenvalue weighted by molar-refractivity contribution is 7.20. The van der Waals surface area contributed by atoms with Crippen LogP contribution in [0.1, 0.15) is 40.6 Å². The van der Waals surface area contributed by atoms with E-state index in [1.54, 1.807) is 25.4 Å². The number of fused-ring (bicyclic) bond motifs is 1. The van der Waals surface area contributed by atoms with Crippen LogP contribution < -0.4 is 14.8 Å². The van der Waals surface area contributed by atoms with Gasteiger partial charge in [0.15, 0.2) is 11.5 Å². The Kier molecular flexibility index (Phi) is 7.68. The second kappa shape index (κ2) is 10.4. The molecule has 2 heterocycles. The molecule has 1 N–H and O–H groups in total. The zero-order valence-corrected chi connectivity index (χ0v) is 19.6. The summed E-state index contributed by atoms with van der Waals surface area (Å²) in [6.45, 7) is 5.54. The molecule has 0 aliphatic carbocycles. The maximum absolute atomic E-state index is 12.9. The van der Waals surface area contributed by atoms with Crippen LogP contribution in [-0.4, -0.2) is 55.1 Å². The number of aromatic nitrogens is 2. The number of carbonyl (C=O) groups excluding carboxylic acids is 1. The van der Waals surface area contributed by atoms with Crippen LogP contribution in [0, 0.1) is 6.92 Å². The van der Waals surface area contributed by atoms with E-state index in [0.29, 0.717) is 18.0 Å². The number of nitrogens with one attached hydrogen (secondary N) is 1. The summed E-state index contributed by atoms with van der Waals surface area (Å²) in [6.07, 6.45) is 4.39. The Balaban J connectivity index is 1.76. The van der Waals surface area contributed by atoms with Crippen molar-refractivity contribution in [2.24, 2.45) is 0 Å². The fraction of sp³-hybridized carbons (Fsp3) is 0.435. The summed E-state index contributed by atoms with van der Waals surface area (Å²) in [5, 5.41) is 4.34. The van der Waals surface area contributed by atoms with E-state index < -0.39 is 0 Å². The summed E-state index contributed by atoms with van der Waals surface area (Å²) in [5.74, 6) is 2.24. The highest BCUT2D eigenvalue weighted by atomic mass is 32.1. The smallest absolute Gasteiger partial charge is 0.264 e. The minimum absolute atomic E-state index is 0.0465. The van der Waals surface area contributed by atoms with E-state index in [1.807, 2.05) is 32.2 Å². The Labute approximate surface area is 187 Å². The highest BCUT2D eigenvalue weighted by Gasteiger charge is 2.21.